The average molecular weight is 373 g/mol. The van der Waals surface area contributed by atoms with E-state index in [1.165, 1.54) is 0 Å². The van der Waals surface area contributed by atoms with E-state index in [4.69, 9.17) is 4.74 Å². The number of amides is 1. The minimum absolute atomic E-state index is 0.157. The van der Waals surface area contributed by atoms with Crippen molar-refractivity contribution in [2.75, 3.05) is 13.1 Å². The van der Waals surface area contributed by atoms with Crippen LogP contribution >= 0.6 is 0 Å². The first kappa shape index (κ1) is 17.2. The van der Waals surface area contributed by atoms with Crippen LogP contribution in [0.4, 0.5) is 0 Å². The second-order valence-corrected chi connectivity index (χ2v) is 7.73. The Morgan fingerprint density at radius 2 is 1.82 bits per heavy atom. The summed E-state index contributed by atoms with van der Waals surface area (Å²) in [6.07, 6.45) is 9.55. The summed E-state index contributed by atoms with van der Waals surface area (Å²) in [4.78, 5) is 22.9. The molecule has 5 heteroatoms. The van der Waals surface area contributed by atoms with Gasteiger partial charge in [0.25, 0.3) is 0 Å². The molecule has 28 heavy (non-hydrogen) atoms. The number of carbonyl (C=O) groups excluding carboxylic acids is 1. The number of pyridine rings is 2. The number of benzene rings is 1. The Labute approximate surface area is 164 Å². The van der Waals surface area contributed by atoms with E-state index < -0.39 is 0 Å². The molecule has 3 aromatic rings. The van der Waals surface area contributed by atoms with Gasteiger partial charge in [-0.1, -0.05) is 12.1 Å². The molecule has 0 unspecified atom stereocenters. The standard InChI is InChI=1S/C23H23N3O2/c27-23(16-1-2-16)26-11-8-20(9-12-26)28-21-5-6-22(25-15-21)18-3-4-19-14-24-10-7-17(19)13-18/h3-7,10,13-16,20H,1-2,8-9,11-12H2. The number of fused-ring (bicyclic) bond motifs is 1. The number of carbonyl (C=O) groups is 1. The number of hydrogen-bond donors (Lipinski definition) is 0. The molecule has 5 nitrogen and oxygen atoms in total. The summed E-state index contributed by atoms with van der Waals surface area (Å²) in [5, 5.41) is 2.28. The van der Waals surface area contributed by atoms with Crippen LogP contribution in [0.25, 0.3) is 22.0 Å². The molecule has 2 aliphatic rings. The second-order valence-electron chi connectivity index (χ2n) is 7.73. The van der Waals surface area contributed by atoms with E-state index in [1.807, 2.05) is 29.3 Å². The van der Waals surface area contributed by atoms with Crippen molar-refractivity contribution in [2.24, 2.45) is 5.92 Å². The fourth-order valence-corrected chi connectivity index (χ4v) is 3.84. The van der Waals surface area contributed by atoms with Gasteiger partial charge in [0, 0.05) is 55.2 Å². The van der Waals surface area contributed by atoms with Crippen LogP contribution < -0.4 is 4.74 Å². The number of nitrogens with zero attached hydrogens (tertiary/aromatic N) is 3. The molecule has 0 atom stereocenters. The molecule has 2 aromatic heterocycles. The molecule has 1 aliphatic carbocycles. The maximum atomic E-state index is 12.2. The molecule has 1 saturated carbocycles. The Morgan fingerprint density at radius 1 is 0.964 bits per heavy atom. The van der Waals surface area contributed by atoms with Crippen molar-refractivity contribution in [3.63, 3.8) is 0 Å². The average Bonchev–Trinajstić information content (AvgIpc) is 3.59. The Morgan fingerprint density at radius 3 is 2.57 bits per heavy atom. The lowest BCUT2D eigenvalue weighted by molar-refractivity contribution is -0.134. The number of likely N-dealkylation sites (tertiary alicyclic amines) is 1. The van der Waals surface area contributed by atoms with Gasteiger partial charge in [0.1, 0.15) is 11.9 Å². The maximum absolute atomic E-state index is 12.2. The van der Waals surface area contributed by atoms with Crippen LogP contribution in [0.3, 0.4) is 0 Å². The number of aromatic nitrogens is 2. The van der Waals surface area contributed by atoms with E-state index in [1.54, 1.807) is 12.4 Å². The minimum Gasteiger partial charge on any atom is -0.489 e. The first-order chi connectivity index (χ1) is 13.8. The van der Waals surface area contributed by atoms with Crippen molar-refractivity contribution >= 4 is 16.7 Å². The Bertz CT molecular complexity index is 990. The molecular formula is C23H23N3O2. The molecule has 1 aliphatic heterocycles. The number of hydrogen-bond acceptors (Lipinski definition) is 4. The van der Waals surface area contributed by atoms with E-state index in [2.05, 4.69) is 28.2 Å². The van der Waals surface area contributed by atoms with Gasteiger partial charge in [0.2, 0.25) is 5.91 Å². The van der Waals surface area contributed by atoms with Gasteiger partial charge in [-0.3, -0.25) is 14.8 Å². The fourth-order valence-electron chi connectivity index (χ4n) is 3.84. The minimum atomic E-state index is 0.157. The van der Waals surface area contributed by atoms with Gasteiger partial charge in [-0.2, -0.15) is 0 Å². The molecule has 0 bridgehead atoms. The molecule has 142 valence electrons. The summed E-state index contributed by atoms with van der Waals surface area (Å²) in [7, 11) is 0. The van der Waals surface area contributed by atoms with Crippen LogP contribution in [0.2, 0.25) is 0 Å². The molecule has 2 fully saturated rings. The molecule has 5 rings (SSSR count). The van der Waals surface area contributed by atoms with Crippen molar-refractivity contribution in [3.8, 4) is 17.0 Å². The highest BCUT2D eigenvalue weighted by Crippen LogP contribution is 2.32. The second kappa shape index (κ2) is 7.23. The van der Waals surface area contributed by atoms with Crippen molar-refractivity contribution in [3.05, 3.63) is 55.0 Å². The third kappa shape index (κ3) is 3.57. The molecule has 0 N–H and O–H groups in total. The van der Waals surface area contributed by atoms with Crippen LogP contribution in [0.1, 0.15) is 25.7 Å². The van der Waals surface area contributed by atoms with E-state index in [0.717, 1.165) is 66.6 Å². The molecular weight excluding hydrogens is 350 g/mol. The van der Waals surface area contributed by atoms with Gasteiger partial charge >= 0.3 is 0 Å². The van der Waals surface area contributed by atoms with E-state index >= 15 is 0 Å². The van der Waals surface area contributed by atoms with Crippen molar-refractivity contribution in [1.82, 2.24) is 14.9 Å². The molecule has 1 amide bonds. The van der Waals surface area contributed by atoms with Crippen LogP contribution in [-0.2, 0) is 4.79 Å². The van der Waals surface area contributed by atoms with E-state index in [9.17, 15) is 4.79 Å². The molecule has 1 aromatic carbocycles. The first-order valence-corrected chi connectivity index (χ1v) is 10.0. The van der Waals surface area contributed by atoms with Gasteiger partial charge in [0.05, 0.1) is 11.9 Å². The Balaban J connectivity index is 1.22. The molecule has 3 heterocycles. The Hall–Kier alpha value is -2.95. The van der Waals surface area contributed by atoms with Crippen LogP contribution in [-0.4, -0.2) is 40.0 Å². The lowest BCUT2D eigenvalue weighted by atomic mass is 10.1. The molecule has 0 radical (unpaired) electrons. The predicted molar refractivity (Wildman–Crippen MR) is 108 cm³/mol. The summed E-state index contributed by atoms with van der Waals surface area (Å²) in [5.74, 6) is 1.44. The monoisotopic (exact) mass is 373 g/mol. The zero-order chi connectivity index (χ0) is 18.9. The topological polar surface area (TPSA) is 55.3 Å². The third-order valence-electron chi connectivity index (χ3n) is 5.66. The largest absolute Gasteiger partial charge is 0.489 e. The highest BCUT2D eigenvalue weighted by Gasteiger charge is 2.35. The zero-order valence-corrected chi connectivity index (χ0v) is 15.8. The Kier molecular flexibility index (Phi) is 4.43. The van der Waals surface area contributed by atoms with Crippen LogP contribution in [0.5, 0.6) is 5.75 Å². The van der Waals surface area contributed by atoms with Gasteiger partial charge in [0.15, 0.2) is 0 Å². The summed E-state index contributed by atoms with van der Waals surface area (Å²) < 4.78 is 6.11. The van der Waals surface area contributed by atoms with E-state index in [-0.39, 0.29) is 6.10 Å². The highest BCUT2D eigenvalue weighted by atomic mass is 16.5. The lowest BCUT2D eigenvalue weighted by Gasteiger charge is -2.32. The summed E-state index contributed by atoms with van der Waals surface area (Å²) in [5.41, 5.74) is 2.01. The van der Waals surface area contributed by atoms with E-state index in [0.29, 0.717) is 11.8 Å². The SMILES string of the molecule is O=C(C1CC1)N1CCC(Oc2ccc(-c3ccc4cnccc4c3)nc2)CC1. The van der Waals surface area contributed by atoms with Crippen molar-refractivity contribution < 1.29 is 9.53 Å². The summed E-state index contributed by atoms with van der Waals surface area (Å²) >= 11 is 0. The maximum Gasteiger partial charge on any atom is 0.225 e. The molecule has 0 spiro atoms. The van der Waals surface area contributed by atoms with Gasteiger partial charge in [-0.25, -0.2) is 0 Å². The van der Waals surface area contributed by atoms with Gasteiger partial charge in [-0.15, -0.1) is 0 Å². The van der Waals surface area contributed by atoms with Gasteiger partial charge in [-0.05, 0) is 42.5 Å². The smallest absolute Gasteiger partial charge is 0.225 e. The van der Waals surface area contributed by atoms with Crippen LogP contribution in [0.15, 0.2) is 55.0 Å². The highest BCUT2D eigenvalue weighted by molar-refractivity contribution is 5.86. The predicted octanol–water partition coefficient (Wildman–Crippen LogP) is 4.08. The van der Waals surface area contributed by atoms with Crippen LogP contribution in [0, 0.1) is 5.92 Å². The van der Waals surface area contributed by atoms with Gasteiger partial charge < -0.3 is 9.64 Å². The summed E-state index contributed by atoms with van der Waals surface area (Å²) in [6, 6.07) is 12.3. The normalized spacial score (nSPS) is 17.6. The number of ether oxygens (including phenoxy) is 1. The zero-order valence-electron chi connectivity index (χ0n) is 15.8. The number of piperidine rings is 1. The van der Waals surface area contributed by atoms with Crippen molar-refractivity contribution in [1.29, 1.82) is 0 Å². The lowest BCUT2D eigenvalue weighted by Crippen LogP contribution is -2.42. The first-order valence-electron chi connectivity index (χ1n) is 10.0. The summed E-state index contributed by atoms with van der Waals surface area (Å²) in [6.45, 7) is 1.61. The molecule has 1 saturated heterocycles. The quantitative estimate of drug-likeness (QED) is 0.692. The number of rotatable bonds is 4. The van der Waals surface area contributed by atoms with Crippen molar-refractivity contribution in [2.45, 2.75) is 31.8 Å². The fraction of sp³-hybridized carbons (Fsp3) is 0.348. The third-order valence-corrected chi connectivity index (χ3v) is 5.66.